The molecule has 2 aromatic heterocycles. The predicted molar refractivity (Wildman–Crippen MR) is 140 cm³/mol. The number of hydrogen-bond acceptors (Lipinski definition) is 3. The van der Waals surface area contributed by atoms with Crippen molar-refractivity contribution in [1.82, 2.24) is 19.1 Å². The predicted octanol–water partition coefficient (Wildman–Crippen LogP) is 6.77. The maximum atomic E-state index is 5.00. The molecule has 0 bridgehead atoms. The van der Waals surface area contributed by atoms with Crippen molar-refractivity contribution in [2.24, 2.45) is 0 Å². The molecule has 6 rings (SSSR count). The van der Waals surface area contributed by atoms with Gasteiger partial charge in [-0.1, -0.05) is 96.7 Å². The van der Waals surface area contributed by atoms with Crippen LogP contribution in [0.1, 0.15) is 17.0 Å². The molecule has 0 radical (unpaired) electrons. The number of aromatic nitrogens is 4. The fourth-order valence-electron chi connectivity index (χ4n) is 4.39. The summed E-state index contributed by atoms with van der Waals surface area (Å²) >= 11 is 1.75. The number of para-hydroxylation sites is 4. The van der Waals surface area contributed by atoms with E-state index in [0.717, 1.165) is 46.4 Å². The van der Waals surface area contributed by atoms with Gasteiger partial charge in [0.1, 0.15) is 5.82 Å². The molecule has 0 spiro atoms. The van der Waals surface area contributed by atoms with Crippen molar-refractivity contribution in [1.29, 1.82) is 0 Å². The molecular formula is C29H24N4S. The molecule has 0 fully saturated rings. The molecule has 0 atom stereocenters. The number of imidazole rings is 2. The van der Waals surface area contributed by atoms with Crippen molar-refractivity contribution in [3.05, 3.63) is 126 Å². The lowest BCUT2D eigenvalue weighted by molar-refractivity contribution is 0.728. The van der Waals surface area contributed by atoms with Gasteiger partial charge >= 0.3 is 0 Å². The Morgan fingerprint density at radius 3 is 1.68 bits per heavy atom. The standard InChI is InChI=1S/C29H24N4S/c1-3-11-22(12-4-1)19-32-26-17-9-7-15-24(26)30-28(32)21-34-29-31-25-16-8-10-18-27(25)33(29)20-23-13-5-2-6-14-23/h1-18H,19-21H2. The van der Waals surface area contributed by atoms with E-state index in [9.17, 15) is 0 Å². The Balaban J connectivity index is 1.35. The van der Waals surface area contributed by atoms with Gasteiger partial charge in [-0.25, -0.2) is 9.97 Å². The number of hydrogen-bond donors (Lipinski definition) is 0. The molecule has 0 saturated heterocycles. The number of thioether (sulfide) groups is 1. The number of fused-ring (bicyclic) bond motifs is 2. The Morgan fingerprint density at radius 1 is 0.529 bits per heavy atom. The van der Waals surface area contributed by atoms with Crippen molar-refractivity contribution in [2.75, 3.05) is 0 Å². The highest BCUT2D eigenvalue weighted by Crippen LogP contribution is 2.29. The van der Waals surface area contributed by atoms with Crippen molar-refractivity contribution >= 4 is 33.8 Å². The van der Waals surface area contributed by atoms with Gasteiger partial charge in [0, 0.05) is 6.54 Å². The van der Waals surface area contributed by atoms with Crippen LogP contribution in [0.25, 0.3) is 22.1 Å². The maximum absolute atomic E-state index is 5.00. The van der Waals surface area contributed by atoms with Gasteiger partial charge in [0.2, 0.25) is 0 Å². The van der Waals surface area contributed by atoms with E-state index in [1.807, 2.05) is 0 Å². The van der Waals surface area contributed by atoms with Gasteiger partial charge in [-0.3, -0.25) is 0 Å². The average Bonchev–Trinajstić information content (AvgIpc) is 3.42. The van der Waals surface area contributed by atoms with E-state index in [4.69, 9.17) is 9.97 Å². The summed E-state index contributed by atoms with van der Waals surface area (Å²) in [5, 5.41) is 1.02. The first-order chi connectivity index (χ1) is 16.8. The highest BCUT2D eigenvalue weighted by atomic mass is 32.2. The summed E-state index contributed by atoms with van der Waals surface area (Å²) in [7, 11) is 0. The summed E-state index contributed by atoms with van der Waals surface area (Å²) in [5.74, 6) is 1.81. The van der Waals surface area contributed by atoms with Gasteiger partial charge in [0.15, 0.2) is 5.16 Å². The van der Waals surface area contributed by atoms with Crippen LogP contribution in [0.3, 0.4) is 0 Å². The Labute approximate surface area is 202 Å². The highest BCUT2D eigenvalue weighted by Gasteiger charge is 2.15. The van der Waals surface area contributed by atoms with E-state index in [0.29, 0.717) is 0 Å². The van der Waals surface area contributed by atoms with Gasteiger partial charge in [-0.2, -0.15) is 0 Å². The first-order valence-corrected chi connectivity index (χ1v) is 12.4. The number of benzene rings is 4. The molecule has 0 aliphatic carbocycles. The summed E-state index contributed by atoms with van der Waals surface area (Å²) in [6, 6.07) is 37.9. The van der Waals surface area contributed by atoms with Crippen LogP contribution in [0.4, 0.5) is 0 Å². The van der Waals surface area contributed by atoms with Crippen molar-refractivity contribution in [2.45, 2.75) is 24.0 Å². The van der Waals surface area contributed by atoms with Crippen molar-refractivity contribution in [3.8, 4) is 0 Å². The van der Waals surface area contributed by atoms with E-state index in [2.05, 4.69) is 118 Å². The van der Waals surface area contributed by atoms with E-state index < -0.39 is 0 Å². The Bertz CT molecular complexity index is 1430. The zero-order valence-electron chi connectivity index (χ0n) is 18.7. The van der Waals surface area contributed by atoms with Crippen molar-refractivity contribution < 1.29 is 0 Å². The summed E-state index contributed by atoms with van der Waals surface area (Å²) in [5.41, 5.74) is 6.92. The average molecular weight is 461 g/mol. The van der Waals surface area contributed by atoms with Crippen molar-refractivity contribution in [3.63, 3.8) is 0 Å². The molecule has 2 heterocycles. The Kier molecular flexibility index (Phi) is 5.61. The van der Waals surface area contributed by atoms with Crippen LogP contribution in [-0.4, -0.2) is 19.1 Å². The van der Waals surface area contributed by atoms with Crippen LogP contribution in [0.2, 0.25) is 0 Å². The second kappa shape index (κ2) is 9.20. The molecule has 0 aliphatic heterocycles. The molecule has 6 aromatic rings. The largest absolute Gasteiger partial charge is 0.323 e. The molecule has 166 valence electrons. The fraction of sp³-hybridized carbons (Fsp3) is 0.103. The van der Waals surface area contributed by atoms with Crippen LogP contribution in [0.15, 0.2) is 114 Å². The first kappa shape index (κ1) is 20.8. The smallest absolute Gasteiger partial charge is 0.169 e. The van der Waals surface area contributed by atoms with Gasteiger partial charge in [0.25, 0.3) is 0 Å². The molecule has 0 amide bonds. The number of nitrogens with zero attached hydrogens (tertiary/aromatic N) is 4. The molecule has 4 aromatic carbocycles. The first-order valence-electron chi connectivity index (χ1n) is 11.5. The van der Waals surface area contributed by atoms with Crippen LogP contribution >= 0.6 is 11.8 Å². The summed E-state index contributed by atoms with van der Waals surface area (Å²) in [6.07, 6.45) is 0. The summed E-state index contributed by atoms with van der Waals surface area (Å²) < 4.78 is 4.65. The molecule has 4 nitrogen and oxygen atoms in total. The SMILES string of the molecule is c1ccc(Cn2c(CSc3nc4ccccc4n3Cc3ccccc3)nc3ccccc32)cc1. The molecule has 0 unspecified atom stereocenters. The van der Waals surface area contributed by atoms with Gasteiger partial charge < -0.3 is 9.13 Å². The van der Waals surface area contributed by atoms with Gasteiger partial charge in [-0.05, 0) is 35.4 Å². The lowest BCUT2D eigenvalue weighted by Gasteiger charge is -2.11. The molecule has 0 N–H and O–H groups in total. The van der Waals surface area contributed by atoms with Crippen LogP contribution < -0.4 is 0 Å². The zero-order chi connectivity index (χ0) is 22.7. The lowest BCUT2D eigenvalue weighted by atomic mass is 10.2. The van der Waals surface area contributed by atoms with E-state index in [1.54, 1.807) is 11.8 Å². The third-order valence-electron chi connectivity index (χ3n) is 6.05. The topological polar surface area (TPSA) is 35.6 Å². The Morgan fingerprint density at radius 2 is 1.03 bits per heavy atom. The van der Waals surface area contributed by atoms with Gasteiger partial charge in [0.05, 0.1) is 34.4 Å². The normalized spacial score (nSPS) is 11.4. The lowest BCUT2D eigenvalue weighted by Crippen LogP contribution is -2.05. The fourth-order valence-corrected chi connectivity index (χ4v) is 5.35. The minimum Gasteiger partial charge on any atom is -0.323 e. The van der Waals surface area contributed by atoms with E-state index in [1.165, 1.54) is 16.6 Å². The second-order valence-electron chi connectivity index (χ2n) is 8.33. The maximum Gasteiger partial charge on any atom is 0.169 e. The molecular weight excluding hydrogens is 436 g/mol. The molecule has 0 aliphatic rings. The molecule has 0 saturated carbocycles. The molecule has 34 heavy (non-hydrogen) atoms. The summed E-state index contributed by atoms with van der Waals surface area (Å²) in [6.45, 7) is 1.60. The Hall–Kier alpha value is -3.83. The minimum absolute atomic E-state index is 0.750. The van der Waals surface area contributed by atoms with Crippen LogP contribution in [0, 0.1) is 0 Å². The van der Waals surface area contributed by atoms with Gasteiger partial charge in [-0.15, -0.1) is 0 Å². The second-order valence-corrected chi connectivity index (χ2v) is 9.27. The van der Waals surface area contributed by atoms with E-state index >= 15 is 0 Å². The van der Waals surface area contributed by atoms with Crippen LogP contribution in [-0.2, 0) is 18.8 Å². The third-order valence-corrected chi connectivity index (χ3v) is 7.02. The van der Waals surface area contributed by atoms with E-state index in [-0.39, 0.29) is 0 Å². The summed E-state index contributed by atoms with van der Waals surface area (Å²) in [4.78, 5) is 9.98. The molecule has 5 heteroatoms. The minimum atomic E-state index is 0.750. The third kappa shape index (κ3) is 4.11. The highest BCUT2D eigenvalue weighted by molar-refractivity contribution is 7.98. The quantitative estimate of drug-likeness (QED) is 0.247. The van der Waals surface area contributed by atoms with Crippen LogP contribution in [0.5, 0.6) is 0 Å². The monoisotopic (exact) mass is 460 g/mol. The number of rotatable bonds is 7. The zero-order valence-corrected chi connectivity index (χ0v) is 19.5.